The Balaban J connectivity index is 0.000000774. The van der Waals surface area contributed by atoms with Gasteiger partial charge in [-0.05, 0) is 29.8 Å². The molecular formula is C17H13FO3. The fourth-order valence-corrected chi connectivity index (χ4v) is 2.21. The van der Waals surface area contributed by atoms with Crippen molar-refractivity contribution in [3.63, 3.8) is 0 Å². The Labute approximate surface area is 122 Å². The summed E-state index contributed by atoms with van der Waals surface area (Å²) in [7, 11) is 0. The topological polar surface area (TPSA) is 46.5 Å². The van der Waals surface area contributed by atoms with E-state index >= 15 is 0 Å². The Bertz CT molecular complexity index is 674. The van der Waals surface area contributed by atoms with Crippen molar-refractivity contribution in [1.82, 2.24) is 0 Å². The minimum atomic E-state index is -0.433. The van der Waals surface area contributed by atoms with Crippen LogP contribution in [0.4, 0.5) is 4.39 Å². The van der Waals surface area contributed by atoms with Gasteiger partial charge in [0.25, 0.3) is 0 Å². The number of hydrogen-bond acceptors (Lipinski definition) is 3. The van der Waals surface area contributed by atoms with Crippen LogP contribution in [0.25, 0.3) is 0 Å². The molecule has 1 heterocycles. The lowest BCUT2D eigenvalue weighted by Gasteiger charge is -2.24. The van der Waals surface area contributed by atoms with Gasteiger partial charge < -0.3 is 9.84 Å². The molecule has 0 saturated carbocycles. The highest BCUT2D eigenvalue weighted by Gasteiger charge is 2.30. The number of phenols is 1. The van der Waals surface area contributed by atoms with Gasteiger partial charge in [0.05, 0.1) is 11.5 Å². The van der Waals surface area contributed by atoms with Gasteiger partial charge in [-0.2, -0.15) is 0 Å². The van der Waals surface area contributed by atoms with E-state index in [1.807, 2.05) is 0 Å². The number of fused-ring (bicyclic) bond motifs is 1. The van der Waals surface area contributed by atoms with Crippen molar-refractivity contribution in [2.24, 2.45) is 0 Å². The number of hydrogen-bond donors (Lipinski definition) is 1. The molecule has 2 aromatic rings. The second kappa shape index (κ2) is 6.10. The normalized spacial score (nSPS) is 16.1. The molecule has 0 aliphatic carbocycles. The second-order valence-electron chi connectivity index (χ2n) is 4.46. The Morgan fingerprint density at radius 1 is 1.14 bits per heavy atom. The Hall–Kier alpha value is -2.80. The number of phenolic OH excluding ortho intramolecular Hbond substituents is 1. The molecule has 1 aliphatic rings. The van der Waals surface area contributed by atoms with E-state index in [0.717, 1.165) is 5.56 Å². The number of ketones is 1. The van der Waals surface area contributed by atoms with Crippen molar-refractivity contribution in [2.45, 2.75) is 5.92 Å². The molecule has 0 aromatic heterocycles. The third-order valence-electron chi connectivity index (χ3n) is 3.23. The van der Waals surface area contributed by atoms with Crippen LogP contribution >= 0.6 is 0 Å². The fourth-order valence-electron chi connectivity index (χ4n) is 2.21. The predicted octanol–water partition coefficient (Wildman–Crippen LogP) is 3.14. The molecule has 0 saturated heterocycles. The lowest BCUT2D eigenvalue weighted by atomic mass is 9.89. The lowest BCUT2D eigenvalue weighted by Crippen LogP contribution is -2.25. The average molecular weight is 284 g/mol. The van der Waals surface area contributed by atoms with Gasteiger partial charge in [-0.15, -0.1) is 12.8 Å². The van der Waals surface area contributed by atoms with E-state index in [0.29, 0.717) is 11.3 Å². The van der Waals surface area contributed by atoms with Crippen molar-refractivity contribution in [1.29, 1.82) is 0 Å². The first-order chi connectivity index (χ1) is 10.1. The van der Waals surface area contributed by atoms with Crippen molar-refractivity contribution < 1.29 is 19.0 Å². The van der Waals surface area contributed by atoms with Gasteiger partial charge in [-0.1, -0.05) is 12.1 Å². The molecule has 0 amide bonds. The number of Topliss-reactive ketones (excluding diaryl/α,β-unsaturated/α-hetero) is 1. The van der Waals surface area contributed by atoms with E-state index in [9.17, 15) is 14.3 Å². The van der Waals surface area contributed by atoms with Crippen LogP contribution in [0.5, 0.6) is 11.5 Å². The number of ether oxygens (including phenoxy) is 1. The highest BCUT2D eigenvalue weighted by atomic mass is 19.1. The summed E-state index contributed by atoms with van der Waals surface area (Å²) >= 11 is 0. The van der Waals surface area contributed by atoms with Crippen LogP contribution in [-0.4, -0.2) is 17.5 Å². The number of aromatic hydroxyl groups is 1. The first kappa shape index (κ1) is 14.6. The summed E-state index contributed by atoms with van der Waals surface area (Å²) in [6, 6.07) is 10.3. The molecule has 21 heavy (non-hydrogen) atoms. The van der Waals surface area contributed by atoms with Gasteiger partial charge in [0.2, 0.25) is 0 Å². The molecule has 0 bridgehead atoms. The lowest BCUT2D eigenvalue weighted by molar-refractivity contribution is 0.0896. The van der Waals surface area contributed by atoms with Crippen molar-refractivity contribution in [3.05, 3.63) is 59.4 Å². The maximum Gasteiger partial charge on any atom is 0.177 e. The highest BCUT2D eigenvalue weighted by molar-refractivity contribution is 6.04. The van der Waals surface area contributed by atoms with Gasteiger partial charge in [0.15, 0.2) is 5.78 Å². The van der Waals surface area contributed by atoms with E-state index in [1.165, 1.54) is 24.3 Å². The largest absolute Gasteiger partial charge is 0.508 e. The van der Waals surface area contributed by atoms with Gasteiger partial charge in [0, 0.05) is 6.07 Å². The van der Waals surface area contributed by atoms with E-state index < -0.39 is 5.92 Å². The van der Waals surface area contributed by atoms with Crippen LogP contribution < -0.4 is 4.74 Å². The summed E-state index contributed by atoms with van der Waals surface area (Å²) < 4.78 is 18.4. The van der Waals surface area contributed by atoms with Crippen molar-refractivity contribution in [2.75, 3.05) is 6.61 Å². The molecule has 106 valence electrons. The van der Waals surface area contributed by atoms with Gasteiger partial charge in [0.1, 0.15) is 23.9 Å². The Kier molecular flexibility index (Phi) is 4.24. The van der Waals surface area contributed by atoms with Crippen molar-refractivity contribution in [3.8, 4) is 24.3 Å². The fraction of sp³-hybridized carbons (Fsp3) is 0.118. The van der Waals surface area contributed by atoms with E-state index in [2.05, 4.69) is 12.8 Å². The molecule has 0 spiro atoms. The van der Waals surface area contributed by atoms with Crippen molar-refractivity contribution >= 4 is 5.78 Å². The first-order valence-electron chi connectivity index (χ1n) is 6.24. The molecule has 0 radical (unpaired) electrons. The maximum absolute atomic E-state index is 12.9. The van der Waals surface area contributed by atoms with E-state index in [4.69, 9.17) is 4.74 Å². The van der Waals surface area contributed by atoms with Crippen LogP contribution in [0.1, 0.15) is 21.8 Å². The number of terminal acetylenes is 1. The highest BCUT2D eigenvalue weighted by Crippen LogP contribution is 2.34. The van der Waals surface area contributed by atoms with Gasteiger partial charge >= 0.3 is 0 Å². The molecule has 1 N–H and O–H groups in total. The molecule has 1 unspecified atom stereocenters. The minimum Gasteiger partial charge on any atom is -0.508 e. The zero-order valence-corrected chi connectivity index (χ0v) is 11.1. The summed E-state index contributed by atoms with van der Waals surface area (Å²) in [6.45, 7) is 0.195. The smallest absolute Gasteiger partial charge is 0.177 e. The van der Waals surface area contributed by atoms with Gasteiger partial charge in [-0.3, -0.25) is 4.79 Å². The standard InChI is InChI=1S/C15H11FO3.C2H2/c16-10-3-1-9(2-4-10)13-8-19-14-7-11(17)5-6-12(14)15(13)18;1-2/h1-7,13,17H,8H2;1-2H. The van der Waals surface area contributed by atoms with Crippen LogP contribution in [0.3, 0.4) is 0 Å². The van der Waals surface area contributed by atoms with Gasteiger partial charge in [-0.25, -0.2) is 4.39 Å². The summed E-state index contributed by atoms with van der Waals surface area (Å²) in [5, 5.41) is 9.35. The molecule has 4 heteroatoms. The molecule has 0 fully saturated rings. The second-order valence-corrected chi connectivity index (χ2v) is 4.46. The quantitative estimate of drug-likeness (QED) is 0.818. The zero-order chi connectivity index (χ0) is 15.4. The Morgan fingerprint density at radius 2 is 1.81 bits per heavy atom. The number of carbonyl (C=O) groups is 1. The van der Waals surface area contributed by atoms with Crippen LogP contribution in [0.15, 0.2) is 42.5 Å². The molecule has 3 nitrogen and oxygen atoms in total. The SMILES string of the molecule is C#C.O=C1c2ccc(O)cc2OCC1c1ccc(F)cc1. The zero-order valence-electron chi connectivity index (χ0n) is 11.1. The average Bonchev–Trinajstić information content (AvgIpc) is 2.51. The number of carbonyl (C=O) groups excluding carboxylic acids is 1. The summed E-state index contributed by atoms with van der Waals surface area (Å²) in [6.07, 6.45) is 8.00. The van der Waals surface area contributed by atoms with Crippen LogP contribution in [0.2, 0.25) is 0 Å². The van der Waals surface area contributed by atoms with E-state index in [-0.39, 0.29) is 24.0 Å². The Morgan fingerprint density at radius 3 is 2.48 bits per heavy atom. The first-order valence-corrected chi connectivity index (χ1v) is 6.24. The monoisotopic (exact) mass is 284 g/mol. The molecule has 1 aliphatic heterocycles. The third-order valence-corrected chi connectivity index (χ3v) is 3.23. The maximum atomic E-state index is 12.9. The van der Waals surface area contributed by atoms with Crippen LogP contribution in [-0.2, 0) is 0 Å². The third kappa shape index (κ3) is 2.87. The van der Waals surface area contributed by atoms with Crippen LogP contribution in [0, 0.1) is 18.7 Å². The molecule has 3 rings (SSSR count). The number of halogens is 1. The summed E-state index contributed by atoms with van der Waals surface area (Å²) in [5.41, 5.74) is 1.17. The summed E-state index contributed by atoms with van der Waals surface area (Å²) in [4.78, 5) is 12.4. The molecule has 1 atom stereocenters. The minimum absolute atomic E-state index is 0.0618. The summed E-state index contributed by atoms with van der Waals surface area (Å²) in [5.74, 6) is -0.390. The predicted molar refractivity (Wildman–Crippen MR) is 77.0 cm³/mol. The number of benzene rings is 2. The molecule has 2 aromatic carbocycles. The number of rotatable bonds is 1. The molecular weight excluding hydrogens is 271 g/mol. The van der Waals surface area contributed by atoms with E-state index in [1.54, 1.807) is 18.2 Å².